The highest BCUT2D eigenvalue weighted by atomic mass is 16.3. The normalized spacial score (nSPS) is 27.4. The van der Waals surface area contributed by atoms with Crippen molar-refractivity contribution in [2.45, 2.75) is 12.8 Å². The van der Waals surface area contributed by atoms with Gasteiger partial charge in [-0.25, -0.2) is 0 Å². The van der Waals surface area contributed by atoms with Crippen molar-refractivity contribution < 1.29 is 9.90 Å². The molecule has 9 heavy (non-hydrogen) atoms. The number of aliphatic hydroxyl groups is 1. The molecule has 1 atom stereocenters. The Labute approximate surface area is 54.2 Å². The third kappa shape index (κ3) is 1.03. The van der Waals surface area contributed by atoms with E-state index in [2.05, 4.69) is 6.58 Å². The summed E-state index contributed by atoms with van der Waals surface area (Å²) in [5, 5.41) is 8.64. The van der Waals surface area contributed by atoms with Gasteiger partial charge in [-0.05, 0) is 12.0 Å². The molecule has 0 bridgehead atoms. The second kappa shape index (κ2) is 2.31. The van der Waals surface area contributed by atoms with Crippen LogP contribution in [0.1, 0.15) is 12.8 Å². The fraction of sp³-hybridized carbons (Fsp3) is 0.571. The van der Waals surface area contributed by atoms with E-state index in [1.807, 2.05) is 0 Å². The molecule has 0 saturated heterocycles. The van der Waals surface area contributed by atoms with Crippen LogP contribution in [0.25, 0.3) is 0 Å². The Kier molecular flexibility index (Phi) is 1.67. The molecule has 0 aliphatic heterocycles. The number of hydrogen-bond acceptors (Lipinski definition) is 2. The first-order chi connectivity index (χ1) is 4.25. The van der Waals surface area contributed by atoms with Gasteiger partial charge in [-0.3, -0.25) is 4.79 Å². The summed E-state index contributed by atoms with van der Waals surface area (Å²) < 4.78 is 0. The van der Waals surface area contributed by atoms with Crippen molar-refractivity contribution in [2.24, 2.45) is 5.92 Å². The first-order valence-corrected chi connectivity index (χ1v) is 3.08. The van der Waals surface area contributed by atoms with Crippen LogP contribution in [-0.4, -0.2) is 17.5 Å². The van der Waals surface area contributed by atoms with Gasteiger partial charge in [-0.2, -0.15) is 0 Å². The van der Waals surface area contributed by atoms with Gasteiger partial charge in [0.05, 0.1) is 6.61 Å². The Balaban J connectivity index is 2.62. The van der Waals surface area contributed by atoms with Crippen LogP contribution in [0, 0.1) is 5.92 Å². The largest absolute Gasteiger partial charge is 0.396 e. The summed E-state index contributed by atoms with van der Waals surface area (Å²) in [6, 6.07) is 0. The van der Waals surface area contributed by atoms with Crippen LogP contribution in [0.2, 0.25) is 0 Å². The summed E-state index contributed by atoms with van der Waals surface area (Å²) in [6.45, 7) is 3.65. The van der Waals surface area contributed by atoms with Crippen LogP contribution in [-0.2, 0) is 4.79 Å². The maximum Gasteiger partial charge on any atom is 0.158 e. The molecule has 1 N–H and O–H groups in total. The van der Waals surface area contributed by atoms with Gasteiger partial charge >= 0.3 is 0 Å². The average molecular weight is 126 g/mol. The quantitative estimate of drug-likeness (QED) is 0.520. The minimum atomic E-state index is 0.0532. The van der Waals surface area contributed by atoms with E-state index in [9.17, 15) is 4.79 Å². The van der Waals surface area contributed by atoms with E-state index in [1.54, 1.807) is 0 Å². The lowest BCUT2D eigenvalue weighted by molar-refractivity contribution is -0.114. The second-order valence-corrected chi connectivity index (χ2v) is 2.37. The van der Waals surface area contributed by atoms with E-state index in [0.717, 1.165) is 6.42 Å². The molecule has 1 saturated carbocycles. The zero-order valence-corrected chi connectivity index (χ0v) is 5.26. The highest BCUT2D eigenvalue weighted by Crippen LogP contribution is 2.25. The van der Waals surface area contributed by atoms with Crippen LogP contribution < -0.4 is 0 Å². The number of carbonyl (C=O) groups is 1. The van der Waals surface area contributed by atoms with Crippen molar-refractivity contribution in [1.29, 1.82) is 0 Å². The molecule has 0 spiro atoms. The third-order valence-electron chi connectivity index (χ3n) is 1.79. The molecule has 0 amide bonds. The van der Waals surface area contributed by atoms with Crippen LogP contribution >= 0.6 is 0 Å². The molecule has 0 aromatic heterocycles. The van der Waals surface area contributed by atoms with Crippen molar-refractivity contribution in [3.63, 3.8) is 0 Å². The van der Waals surface area contributed by atoms with Crippen LogP contribution in [0.4, 0.5) is 0 Å². The second-order valence-electron chi connectivity index (χ2n) is 2.37. The first kappa shape index (κ1) is 6.49. The van der Waals surface area contributed by atoms with Crippen molar-refractivity contribution >= 4 is 5.78 Å². The molecule has 1 aliphatic rings. The highest BCUT2D eigenvalue weighted by molar-refractivity contribution is 5.97. The van der Waals surface area contributed by atoms with Crippen LogP contribution in [0.15, 0.2) is 12.2 Å². The zero-order chi connectivity index (χ0) is 6.85. The van der Waals surface area contributed by atoms with Crippen LogP contribution in [0.5, 0.6) is 0 Å². The molecule has 1 unspecified atom stereocenters. The highest BCUT2D eigenvalue weighted by Gasteiger charge is 2.25. The van der Waals surface area contributed by atoms with Gasteiger partial charge in [0.15, 0.2) is 5.78 Å². The summed E-state index contributed by atoms with van der Waals surface area (Å²) in [5.74, 6) is 0.173. The molecule has 0 aromatic rings. The van der Waals surface area contributed by atoms with E-state index >= 15 is 0 Å². The number of rotatable bonds is 1. The summed E-state index contributed by atoms with van der Waals surface area (Å²) in [6.07, 6.45) is 1.36. The Morgan fingerprint density at radius 2 is 2.44 bits per heavy atom. The van der Waals surface area contributed by atoms with Gasteiger partial charge in [0.2, 0.25) is 0 Å². The number of ketones is 1. The van der Waals surface area contributed by atoms with Gasteiger partial charge < -0.3 is 5.11 Å². The fourth-order valence-electron chi connectivity index (χ4n) is 1.07. The maximum absolute atomic E-state index is 10.7. The van der Waals surface area contributed by atoms with Gasteiger partial charge in [0.25, 0.3) is 0 Å². The molecular weight excluding hydrogens is 116 g/mol. The maximum atomic E-state index is 10.7. The summed E-state index contributed by atoms with van der Waals surface area (Å²) in [4.78, 5) is 10.7. The Hall–Kier alpha value is -0.630. The van der Waals surface area contributed by atoms with Gasteiger partial charge in [-0.15, -0.1) is 0 Å². The number of Topliss-reactive ketones (excluding diaryl/α,β-unsaturated/α-hetero) is 1. The van der Waals surface area contributed by atoms with Crippen LogP contribution in [0.3, 0.4) is 0 Å². The summed E-state index contributed by atoms with van der Waals surface area (Å²) in [5.41, 5.74) is 0.609. The lowest BCUT2D eigenvalue weighted by Gasteiger charge is -2.01. The molecule has 1 rings (SSSR count). The number of carbonyl (C=O) groups excluding carboxylic acids is 1. The fourth-order valence-corrected chi connectivity index (χ4v) is 1.07. The number of hydrogen-bond donors (Lipinski definition) is 1. The molecular formula is C7H10O2. The van der Waals surface area contributed by atoms with E-state index in [0.29, 0.717) is 12.0 Å². The lowest BCUT2D eigenvalue weighted by atomic mass is 10.1. The van der Waals surface area contributed by atoms with Gasteiger partial charge in [0, 0.05) is 12.3 Å². The lowest BCUT2D eigenvalue weighted by Crippen LogP contribution is -2.03. The van der Waals surface area contributed by atoms with Crippen molar-refractivity contribution in [2.75, 3.05) is 6.61 Å². The minimum absolute atomic E-state index is 0.0532. The third-order valence-corrected chi connectivity index (χ3v) is 1.79. The van der Waals surface area contributed by atoms with E-state index in [4.69, 9.17) is 5.11 Å². The van der Waals surface area contributed by atoms with Gasteiger partial charge in [0.1, 0.15) is 0 Å². The molecule has 1 fully saturated rings. The van der Waals surface area contributed by atoms with E-state index in [1.165, 1.54) is 0 Å². The molecule has 50 valence electrons. The monoisotopic (exact) mass is 126 g/mol. The smallest absolute Gasteiger partial charge is 0.158 e. The van der Waals surface area contributed by atoms with Crippen molar-refractivity contribution in [1.82, 2.24) is 0 Å². The van der Waals surface area contributed by atoms with Crippen molar-refractivity contribution in [3.8, 4) is 0 Å². The standard InChI is InChI=1S/C7H10O2/c1-5-6(4-8)2-3-7(5)9/h6,8H,1-4H2. The predicted octanol–water partition coefficient (Wildman–Crippen LogP) is 0.514. The summed E-state index contributed by atoms with van der Waals surface area (Å²) in [7, 11) is 0. The predicted molar refractivity (Wildman–Crippen MR) is 34.0 cm³/mol. The molecule has 2 nitrogen and oxygen atoms in total. The SMILES string of the molecule is C=C1C(=O)CCC1CO. The zero-order valence-electron chi connectivity index (χ0n) is 5.26. The number of aliphatic hydroxyl groups excluding tert-OH is 1. The molecule has 0 radical (unpaired) electrons. The van der Waals surface area contributed by atoms with Crippen molar-refractivity contribution in [3.05, 3.63) is 12.2 Å². The Bertz CT molecular complexity index is 149. The molecule has 0 heterocycles. The van der Waals surface area contributed by atoms with E-state index in [-0.39, 0.29) is 18.3 Å². The van der Waals surface area contributed by atoms with Gasteiger partial charge in [-0.1, -0.05) is 6.58 Å². The van der Waals surface area contributed by atoms with E-state index < -0.39 is 0 Å². The first-order valence-electron chi connectivity index (χ1n) is 3.08. The minimum Gasteiger partial charge on any atom is -0.396 e. The molecule has 2 heteroatoms. The molecule has 1 aliphatic carbocycles. The Morgan fingerprint density at radius 1 is 1.78 bits per heavy atom. The average Bonchev–Trinajstić information content (AvgIpc) is 2.15. The molecule has 0 aromatic carbocycles. The summed E-state index contributed by atoms with van der Waals surface area (Å²) >= 11 is 0. The topological polar surface area (TPSA) is 37.3 Å². The Morgan fingerprint density at radius 3 is 2.67 bits per heavy atom.